The molecule has 292 valence electrons. The smallest absolute Gasteiger partial charge is 0.293 e. The van der Waals surface area contributed by atoms with Gasteiger partial charge in [-0.3, -0.25) is 19.1 Å². The van der Waals surface area contributed by atoms with E-state index in [4.69, 9.17) is 21.3 Å². The monoisotopic (exact) mass is 802 g/mol. The van der Waals surface area contributed by atoms with Crippen molar-refractivity contribution in [2.75, 3.05) is 13.2 Å². The average Bonchev–Trinajstić information content (AvgIpc) is 3.67. The van der Waals surface area contributed by atoms with E-state index in [-0.39, 0.29) is 82.9 Å². The second-order valence-corrected chi connectivity index (χ2v) is 14.5. The Labute approximate surface area is 318 Å². The minimum atomic E-state index is -3.50. The highest BCUT2D eigenvalue weighted by atomic mass is 35.5. The number of carbonyl (C=O) groups is 1. The molecule has 0 radical (unpaired) electrons. The number of aryl methyl sites for hydroxylation is 1. The van der Waals surface area contributed by atoms with Gasteiger partial charge >= 0.3 is 0 Å². The zero-order chi connectivity index (χ0) is 39.7. The maximum atomic E-state index is 15.4. The van der Waals surface area contributed by atoms with E-state index < -0.39 is 77.2 Å². The Morgan fingerprint density at radius 1 is 1.09 bits per heavy atom. The number of rotatable bonds is 9. The number of alkyl halides is 4. The first-order valence-electron chi connectivity index (χ1n) is 17.5. The van der Waals surface area contributed by atoms with Crippen LogP contribution in [0.5, 0.6) is 5.88 Å². The summed E-state index contributed by atoms with van der Waals surface area (Å²) in [5, 5.41) is 21.7. The molecule has 1 saturated carbocycles. The number of halogens is 8. The van der Waals surface area contributed by atoms with Crippen LogP contribution in [-0.4, -0.2) is 54.4 Å². The Hall–Kier alpha value is -5.18. The highest BCUT2D eigenvalue weighted by Crippen LogP contribution is 2.68. The molecule has 2 N–H and O–H groups in total. The summed E-state index contributed by atoms with van der Waals surface area (Å²) in [5.41, 5.74) is -2.16. The lowest BCUT2D eigenvalue weighted by Crippen LogP contribution is -2.35. The summed E-state index contributed by atoms with van der Waals surface area (Å²) in [6.07, 6.45) is -3.03. The van der Waals surface area contributed by atoms with Crippen LogP contribution < -0.4 is 10.3 Å². The normalized spacial score (nSPS) is 19.6. The van der Waals surface area contributed by atoms with E-state index in [1.807, 2.05) is 0 Å². The fourth-order valence-corrected chi connectivity index (χ4v) is 8.03. The van der Waals surface area contributed by atoms with E-state index in [9.17, 15) is 32.0 Å². The van der Waals surface area contributed by atoms with Crippen LogP contribution >= 0.6 is 11.6 Å². The van der Waals surface area contributed by atoms with E-state index in [0.717, 1.165) is 12.1 Å². The van der Waals surface area contributed by atoms with Crippen LogP contribution in [0.3, 0.4) is 0 Å². The molecule has 18 heteroatoms. The van der Waals surface area contributed by atoms with Gasteiger partial charge in [-0.05, 0) is 60.6 Å². The minimum Gasteiger partial charge on any atom is -0.381 e. The lowest BCUT2D eigenvalue weighted by atomic mass is 9.93. The number of hydrogen-bond donors (Lipinski definition) is 2. The average molecular weight is 803 g/mol. The molecule has 2 aliphatic carbocycles. The maximum Gasteiger partial charge on any atom is 0.293 e. The molecule has 8 rings (SSSR count). The summed E-state index contributed by atoms with van der Waals surface area (Å²) in [4.78, 5) is 22.6. The van der Waals surface area contributed by atoms with E-state index >= 15 is 8.78 Å². The van der Waals surface area contributed by atoms with Crippen molar-refractivity contribution in [1.82, 2.24) is 29.9 Å². The van der Waals surface area contributed by atoms with Crippen LogP contribution in [0.4, 0.5) is 30.9 Å². The molecule has 0 bridgehead atoms. The van der Waals surface area contributed by atoms with Crippen molar-refractivity contribution in [3.63, 3.8) is 0 Å². The van der Waals surface area contributed by atoms with Crippen molar-refractivity contribution >= 4 is 28.4 Å². The predicted molar refractivity (Wildman–Crippen MR) is 185 cm³/mol. The Morgan fingerprint density at radius 2 is 1.80 bits per heavy atom. The molecule has 5 aromatic rings. The number of pyridine rings is 1. The van der Waals surface area contributed by atoms with Gasteiger partial charge in [-0.25, -0.2) is 22.5 Å². The van der Waals surface area contributed by atoms with Crippen LogP contribution in [0.1, 0.15) is 71.6 Å². The summed E-state index contributed by atoms with van der Waals surface area (Å²) in [6, 6.07) is 7.50. The molecule has 3 aliphatic rings. The number of aliphatic hydroxyl groups is 1. The second-order valence-electron chi connectivity index (χ2n) is 14.1. The molecule has 1 amide bonds. The Bertz CT molecular complexity index is 2440. The Morgan fingerprint density at radius 3 is 2.50 bits per heavy atom. The van der Waals surface area contributed by atoms with Gasteiger partial charge in [-0.15, -0.1) is 5.10 Å². The highest BCUT2D eigenvalue weighted by molar-refractivity contribution is 6.36. The fourth-order valence-electron chi connectivity index (χ4n) is 7.80. The summed E-state index contributed by atoms with van der Waals surface area (Å²) < 4.78 is 109. The molecular formula is C38H30ClF7N6O4. The molecule has 56 heavy (non-hydrogen) atoms. The topological polar surface area (TPSA) is 116 Å². The van der Waals surface area contributed by atoms with E-state index in [2.05, 4.69) is 32.3 Å². The molecule has 2 fully saturated rings. The summed E-state index contributed by atoms with van der Waals surface area (Å²) in [6.45, 7) is -0.366. The quantitative estimate of drug-likeness (QED) is 0.120. The Balaban J connectivity index is 1.26. The predicted octanol–water partition coefficient (Wildman–Crippen LogP) is 7.17. The molecule has 3 atom stereocenters. The van der Waals surface area contributed by atoms with Gasteiger partial charge in [0.25, 0.3) is 18.2 Å². The van der Waals surface area contributed by atoms with Gasteiger partial charge in [0.1, 0.15) is 40.9 Å². The van der Waals surface area contributed by atoms with Crippen LogP contribution in [0.25, 0.3) is 22.0 Å². The maximum absolute atomic E-state index is 15.4. The second kappa shape index (κ2) is 14.1. The third-order valence-electron chi connectivity index (χ3n) is 10.4. The first kappa shape index (κ1) is 37.7. The number of benzene rings is 2. The molecular weight excluding hydrogens is 773 g/mol. The third-order valence-corrected chi connectivity index (χ3v) is 10.7. The zero-order valence-corrected chi connectivity index (χ0v) is 30.0. The van der Waals surface area contributed by atoms with Crippen molar-refractivity contribution in [2.45, 2.75) is 62.1 Å². The number of ether oxygens (including phenoxy) is 1. The fraction of sp³-hybridized carbons (Fsp3) is 0.368. The van der Waals surface area contributed by atoms with Crippen molar-refractivity contribution in [3.05, 3.63) is 93.0 Å². The van der Waals surface area contributed by atoms with Crippen LogP contribution in [-0.2, 0) is 35.5 Å². The van der Waals surface area contributed by atoms with Crippen molar-refractivity contribution in [1.29, 1.82) is 0 Å². The van der Waals surface area contributed by atoms with Gasteiger partial charge in [0.2, 0.25) is 5.91 Å². The van der Waals surface area contributed by atoms with Gasteiger partial charge in [-0.1, -0.05) is 23.6 Å². The van der Waals surface area contributed by atoms with Crippen LogP contribution in [0.2, 0.25) is 5.02 Å². The van der Waals surface area contributed by atoms with E-state index in [0.29, 0.717) is 16.3 Å². The molecule has 0 spiro atoms. The molecule has 4 heterocycles. The van der Waals surface area contributed by atoms with Crippen molar-refractivity contribution < 1.29 is 50.4 Å². The number of fused-ring (bicyclic) bond motifs is 4. The molecule has 1 saturated heterocycles. The summed E-state index contributed by atoms with van der Waals surface area (Å²) >= 11 is 6.44. The third kappa shape index (κ3) is 6.73. The first-order chi connectivity index (χ1) is 26.7. The number of amides is 1. The van der Waals surface area contributed by atoms with E-state index in [1.54, 1.807) is 12.1 Å². The van der Waals surface area contributed by atoms with Gasteiger partial charge in [0, 0.05) is 53.1 Å². The molecule has 10 nitrogen and oxygen atoms in total. The van der Waals surface area contributed by atoms with Gasteiger partial charge in [0.05, 0.1) is 40.9 Å². The SMILES string of the molecule is Cn1nc(OF)c2c(Cl)ccc(-c3ccc(C#CC4(O)CCOCC4)nc3C(Cc3cc(F)cc(F)c3)NC(=O)Cn3nc(C(F)F)c4c3C(F)(F)C3CC43)c21. The Kier molecular flexibility index (Phi) is 9.49. The van der Waals surface area contributed by atoms with Crippen LogP contribution in [0.15, 0.2) is 42.5 Å². The van der Waals surface area contributed by atoms with Gasteiger partial charge < -0.3 is 15.2 Å². The molecule has 2 aromatic carbocycles. The number of aromatic nitrogens is 5. The summed E-state index contributed by atoms with van der Waals surface area (Å²) in [7, 11) is 1.50. The minimum absolute atomic E-state index is 0.0241. The largest absolute Gasteiger partial charge is 0.381 e. The molecule has 1 aliphatic heterocycles. The van der Waals surface area contributed by atoms with E-state index in [1.165, 1.54) is 23.9 Å². The standard InChI is InChI=1S/C38H30ClF7N6O4/c1-51-33-23(4-5-26(39)30(33)36(50-51)56-46)22-3-2-21(6-7-37(54)8-10-55-11-9-37)47-31(22)27(14-18-12-19(40)15-20(41)13-18)48-28(53)17-52-34-29(32(49-52)35(42)43)24-16-25(24)38(34,44)45/h2-5,12-13,15,24-25,27,35,54H,8-11,14,16-17H2,1H3,(H,48,53). The lowest BCUT2D eigenvalue weighted by molar-refractivity contribution is -0.123. The van der Waals surface area contributed by atoms with Crippen molar-refractivity contribution in [3.8, 4) is 28.8 Å². The first-order valence-corrected chi connectivity index (χ1v) is 17.8. The van der Waals surface area contributed by atoms with Crippen molar-refractivity contribution in [2.24, 2.45) is 13.0 Å². The van der Waals surface area contributed by atoms with Gasteiger partial charge in [0.15, 0.2) is 0 Å². The molecule has 3 unspecified atom stereocenters. The van der Waals surface area contributed by atoms with Crippen LogP contribution in [0, 0.1) is 29.4 Å². The molecule has 3 aromatic heterocycles. The number of carbonyl (C=O) groups excluding carboxylic acids is 1. The van der Waals surface area contributed by atoms with Gasteiger partial charge in [-0.2, -0.15) is 13.9 Å². The number of hydrogen-bond acceptors (Lipinski definition) is 7. The highest BCUT2D eigenvalue weighted by Gasteiger charge is 2.67. The zero-order valence-electron chi connectivity index (χ0n) is 29.2. The lowest BCUT2D eigenvalue weighted by Gasteiger charge is -2.26. The number of nitrogens with zero attached hydrogens (tertiary/aromatic N) is 5. The summed E-state index contributed by atoms with van der Waals surface area (Å²) in [5.74, 6) is -3.04. The number of nitrogens with one attached hydrogen (secondary N) is 1.